The summed E-state index contributed by atoms with van der Waals surface area (Å²) in [7, 11) is -3.69. The van der Waals surface area contributed by atoms with Gasteiger partial charge in [0.1, 0.15) is 10.7 Å². The van der Waals surface area contributed by atoms with Crippen molar-refractivity contribution in [3.63, 3.8) is 0 Å². The summed E-state index contributed by atoms with van der Waals surface area (Å²) in [5.74, 6) is -0.542. The summed E-state index contributed by atoms with van der Waals surface area (Å²) in [4.78, 5) is -0.0550. The summed E-state index contributed by atoms with van der Waals surface area (Å²) < 4.78 is 40.2. The normalized spacial score (nSPS) is 23.7. The lowest BCUT2D eigenvalue weighted by molar-refractivity contribution is 0.555. The zero-order chi connectivity index (χ0) is 14.0. The van der Waals surface area contributed by atoms with E-state index in [1.165, 1.54) is 6.07 Å². The molecule has 19 heavy (non-hydrogen) atoms. The predicted octanol–water partition coefficient (Wildman–Crippen LogP) is 1.97. The van der Waals surface area contributed by atoms with Crippen LogP contribution in [0.4, 0.5) is 10.1 Å². The molecule has 0 bridgehead atoms. The fourth-order valence-corrected chi connectivity index (χ4v) is 4.82. The Morgan fingerprint density at radius 1 is 1.42 bits per heavy atom. The van der Waals surface area contributed by atoms with Crippen LogP contribution in [0.25, 0.3) is 0 Å². The van der Waals surface area contributed by atoms with Gasteiger partial charge in [-0.3, -0.25) is 0 Å². The van der Waals surface area contributed by atoms with Crippen molar-refractivity contribution in [1.29, 1.82) is 0 Å². The van der Waals surface area contributed by atoms with Crippen molar-refractivity contribution in [2.24, 2.45) is 0 Å². The highest BCUT2D eigenvalue weighted by molar-refractivity contribution is 7.99. The van der Waals surface area contributed by atoms with Crippen molar-refractivity contribution in [3.05, 3.63) is 24.0 Å². The smallest absolute Gasteiger partial charge is 0.242 e. The first-order chi connectivity index (χ1) is 8.94. The Bertz CT molecular complexity index is 563. The van der Waals surface area contributed by atoms with Crippen LogP contribution in [0.5, 0.6) is 0 Å². The van der Waals surface area contributed by atoms with Crippen molar-refractivity contribution in [2.75, 3.05) is 12.0 Å². The van der Waals surface area contributed by atoms with E-state index in [-0.39, 0.29) is 21.9 Å². The van der Waals surface area contributed by atoms with Crippen molar-refractivity contribution in [3.8, 4) is 0 Å². The Hall–Kier alpha value is -0.790. The van der Waals surface area contributed by atoms with Gasteiger partial charge in [-0.1, -0.05) is 6.42 Å². The Labute approximate surface area is 117 Å². The third-order valence-corrected chi connectivity index (χ3v) is 6.06. The molecular weight excluding hydrogens is 287 g/mol. The second-order valence-electron chi connectivity index (χ2n) is 4.61. The maximum Gasteiger partial charge on any atom is 0.242 e. The fraction of sp³-hybridized carbons (Fsp3) is 0.500. The van der Waals surface area contributed by atoms with Gasteiger partial charge in [-0.25, -0.2) is 17.5 Å². The van der Waals surface area contributed by atoms with E-state index in [0.717, 1.165) is 31.4 Å². The molecule has 0 aliphatic heterocycles. The number of nitrogen functional groups attached to an aromatic ring is 1. The van der Waals surface area contributed by atoms with Gasteiger partial charge < -0.3 is 5.73 Å². The van der Waals surface area contributed by atoms with Crippen LogP contribution in [0, 0.1) is 5.82 Å². The third-order valence-electron chi connectivity index (χ3n) is 3.32. The maximum absolute atomic E-state index is 13.0. The minimum Gasteiger partial charge on any atom is -0.398 e. The van der Waals surface area contributed by atoms with E-state index < -0.39 is 15.8 Å². The van der Waals surface area contributed by atoms with Gasteiger partial charge >= 0.3 is 0 Å². The summed E-state index contributed by atoms with van der Waals surface area (Å²) in [5, 5.41) is 0.288. The molecule has 106 valence electrons. The van der Waals surface area contributed by atoms with Gasteiger partial charge in [-0.05, 0) is 37.3 Å². The molecule has 7 heteroatoms. The molecule has 2 rings (SSSR count). The van der Waals surface area contributed by atoms with E-state index in [9.17, 15) is 12.8 Å². The SMILES string of the molecule is CSC1CCCC1NS(=O)(=O)c1ccc(F)cc1N. The third kappa shape index (κ3) is 3.21. The lowest BCUT2D eigenvalue weighted by Crippen LogP contribution is -2.38. The van der Waals surface area contributed by atoms with Crippen LogP contribution >= 0.6 is 11.8 Å². The second-order valence-corrected chi connectivity index (χ2v) is 7.37. The van der Waals surface area contributed by atoms with Crippen molar-refractivity contribution >= 4 is 27.5 Å². The summed E-state index contributed by atoms with van der Waals surface area (Å²) in [6.07, 6.45) is 4.82. The average Bonchev–Trinajstić information content (AvgIpc) is 2.74. The Kier molecular flexibility index (Phi) is 4.37. The molecule has 1 aromatic carbocycles. The average molecular weight is 304 g/mol. The second kappa shape index (κ2) is 5.68. The van der Waals surface area contributed by atoms with E-state index in [2.05, 4.69) is 4.72 Å². The summed E-state index contributed by atoms with van der Waals surface area (Å²) in [6.45, 7) is 0. The van der Waals surface area contributed by atoms with Gasteiger partial charge in [0.2, 0.25) is 10.0 Å². The van der Waals surface area contributed by atoms with Crippen molar-refractivity contribution in [1.82, 2.24) is 4.72 Å². The van der Waals surface area contributed by atoms with Gasteiger partial charge in [-0.2, -0.15) is 11.8 Å². The molecule has 4 nitrogen and oxygen atoms in total. The number of anilines is 1. The molecule has 2 atom stereocenters. The fourth-order valence-electron chi connectivity index (χ4n) is 2.37. The molecule has 1 aliphatic carbocycles. The van der Waals surface area contributed by atoms with Crippen LogP contribution < -0.4 is 10.5 Å². The van der Waals surface area contributed by atoms with Gasteiger partial charge in [0, 0.05) is 11.3 Å². The first kappa shape index (κ1) is 14.6. The number of benzene rings is 1. The van der Waals surface area contributed by atoms with Crippen molar-refractivity contribution < 1.29 is 12.8 Å². The molecule has 1 aromatic rings. The van der Waals surface area contributed by atoms with E-state index in [4.69, 9.17) is 5.73 Å². The Morgan fingerprint density at radius 3 is 2.79 bits per heavy atom. The lowest BCUT2D eigenvalue weighted by atomic mass is 10.3. The van der Waals surface area contributed by atoms with E-state index in [0.29, 0.717) is 0 Å². The largest absolute Gasteiger partial charge is 0.398 e. The van der Waals surface area contributed by atoms with Crippen molar-refractivity contribution in [2.45, 2.75) is 35.4 Å². The molecule has 1 aliphatic rings. The molecule has 0 spiro atoms. The van der Waals surface area contributed by atoms with Crippen LogP contribution in [0.2, 0.25) is 0 Å². The molecule has 0 radical (unpaired) electrons. The molecule has 1 saturated carbocycles. The molecule has 0 heterocycles. The quantitative estimate of drug-likeness (QED) is 0.834. The molecule has 2 unspecified atom stereocenters. The van der Waals surface area contributed by atoms with Crippen LogP contribution in [0.3, 0.4) is 0 Å². The van der Waals surface area contributed by atoms with Gasteiger partial charge in [0.25, 0.3) is 0 Å². The Balaban J connectivity index is 2.23. The van der Waals surface area contributed by atoms with Gasteiger partial charge in [0.05, 0.1) is 5.69 Å². The molecule has 3 N–H and O–H groups in total. The highest BCUT2D eigenvalue weighted by atomic mass is 32.2. The van der Waals surface area contributed by atoms with Crippen LogP contribution in [0.15, 0.2) is 23.1 Å². The number of hydrogen-bond acceptors (Lipinski definition) is 4. The van der Waals surface area contributed by atoms with Crippen LogP contribution in [-0.2, 0) is 10.0 Å². The minimum atomic E-state index is -3.69. The van der Waals surface area contributed by atoms with Gasteiger partial charge in [0.15, 0.2) is 0 Å². The first-order valence-corrected chi connectivity index (χ1v) is 8.81. The topological polar surface area (TPSA) is 72.2 Å². The molecular formula is C12H17FN2O2S2. The highest BCUT2D eigenvalue weighted by Gasteiger charge is 2.31. The molecule has 0 amide bonds. The lowest BCUT2D eigenvalue weighted by Gasteiger charge is -2.19. The first-order valence-electron chi connectivity index (χ1n) is 6.04. The molecule has 0 saturated heterocycles. The zero-order valence-electron chi connectivity index (χ0n) is 10.6. The standard InChI is InChI=1S/C12H17FN2O2S2/c1-18-11-4-2-3-10(11)15-19(16,17)12-6-5-8(13)7-9(12)14/h5-7,10-11,15H,2-4,14H2,1H3. The zero-order valence-corrected chi connectivity index (χ0v) is 12.2. The maximum atomic E-state index is 13.0. The number of nitrogens with two attached hydrogens (primary N) is 1. The monoisotopic (exact) mass is 304 g/mol. The Morgan fingerprint density at radius 2 is 2.16 bits per heavy atom. The van der Waals surface area contributed by atoms with E-state index >= 15 is 0 Å². The summed E-state index contributed by atoms with van der Waals surface area (Å²) in [5.41, 5.74) is 5.52. The number of nitrogens with one attached hydrogen (secondary N) is 1. The molecule has 1 fully saturated rings. The number of hydrogen-bond donors (Lipinski definition) is 2. The van der Waals surface area contributed by atoms with E-state index in [1.54, 1.807) is 11.8 Å². The van der Waals surface area contributed by atoms with Gasteiger partial charge in [-0.15, -0.1) is 0 Å². The summed E-state index contributed by atoms with van der Waals surface area (Å²) in [6, 6.07) is 3.25. The van der Waals surface area contributed by atoms with E-state index in [1.807, 2.05) is 6.26 Å². The number of halogens is 1. The van der Waals surface area contributed by atoms with Crippen LogP contribution in [0.1, 0.15) is 19.3 Å². The predicted molar refractivity (Wildman–Crippen MR) is 76.1 cm³/mol. The highest BCUT2D eigenvalue weighted by Crippen LogP contribution is 2.30. The summed E-state index contributed by atoms with van der Waals surface area (Å²) >= 11 is 1.66. The van der Waals surface area contributed by atoms with Crippen LogP contribution in [-0.4, -0.2) is 26.0 Å². The number of thioether (sulfide) groups is 1. The number of rotatable bonds is 4. The number of sulfonamides is 1. The molecule has 0 aromatic heterocycles. The minimum absolute atomic E-state index is 0.0550.